The van der Waals surface area contributed by atoms with Crippen LogP contribution in [0.15, 0.2) is 12.3 Å². The van der Waals surface area contributed by atoms with Gasteiger partial charge in [0, 0.05) is 18.7 Å². The molecule has 88 valence electrons. The number of aliphatic hydroxyl groups is 1. The summed E-state index contributed by atoms with van der Waals surface area (Å²) in [6.45, 7) is 4.24. The number of nitro groups is 1. The summed E-state index contributed by atoms with van der Waals surface area (Å²) in [5.74, 6) is 0.709. The van der Waals surface area contributed by atoms with Crippen LogP contribution in [-0.2, 0) is 0 Å². The second kappa shape index (κ2) is 5.41. The van der Waals surface area contributed by atoms with Gasteiger partial charge in [-0.2, -0.15) is 0 Å². The molecule has 1 aromatic heterocycles. The smallest absolute Gasteiger partial charge is 0.290 e. The maximum Gasteiger partial charge on any atom is 0.290 e. The highest BCUT2D eigenvalue weighted by Gasteiger charge is 2.11. The topological polar surface area (TPSA) is 88.3 Å². The Morgan fingerprint density at radius 3 is 2.88 bits per heavy atom. The van der Waals surface area contributed by atoms with Gasteiger partial charge < -0.3 is 10.4 Å². The minimum atomic E-state index is -0.456. The monoisotopic (exact) mass is 225 g/mol. The van der Waals surface area contributed by atoms with E-state index in [1.54, 1.807) is 13.0 Å². The summed E-state index contributed by atoms with van der Waals surface area (Å²) in [5, 5.41) is 22.4. The highest BCUT2D eigenvalue weighted by atomic mass is 16.6. The molecular formula is C10H15N3O3. The predicted octanol–water partition coefficient (Wildman–Crippen LogP) is 1.34. The number of aromatic nitrogens is 1. The number of nitrogens with one attached hydrogen (secondary N) is 1. The van der Waals surface area contributed by atoms with Crippen molar-refractivity contribution in [3.63, 3.8) is 0 Å². The van der Waals surface area contributed by atoms with Gasteiger partial charge in [-0.05, 0) is 18.9 Å². The highest BCUT2D eigenvalue weighted by molar-refractivity contribution is 5.46. The highest BCUT2D eigenvalue weighted by Crippen LogP contribution is 2.18. The summed E-state index contributed by atoms with van der Waals surface area (Å²) in [4.78, 5) is 14.0. The van der Waals surface area contributed by atoms with Crippen LogP contribution in [0.3, 0.4) is 0 Å². The molecule has 0 radical (unpaired) electrons. The molecule has 6 heteroatoms. The van der Waals surface area contributed by atoms with E-state index in [9.17, 15) is 10.1 Å². The zero-order valence-corrected chi connectivity index (χ0v) is 9.30. The molecule has 16 heavy (non-hydrogen) atoms. The van der Waals surface area contributed by atoms with Gasteiger partial charge in [0.2, 0.25) is 0 Å². The first-order valence-corrected chi connectivity index (χ1v) is 5.00. The molecule has 6 nitrogen and oxygen atoms in total. The predicted molar refractivity (Wildman–Crippen MR) is 60.4 cm³/mol. The molecule has 1 aromatic rings. The summed E-state index contributed by atoms with van der Waals surface area (Å²) in [6, 6.07) is 1.63. The molecule has 0 saturated carbocycles. The molecule has 1 heterocycles. The van der Waals surface area contributed by atoms with Gasteiger partial charge in [-0.15, -0.1) is 0 Å². The van der Waals surface area contributed by atoms with Crippen molar-refractivity contribution in [1.82, 2.24) is 4.98 Å². The van der Waals surface area contributed by atoms with Gasteiger partial charge in [0.05, 0.1) is 4.92 Å². The molecule has 2 N–H and O–H groups in total. The van der Waals surface area contributed by atoms with Crippen molar-refractivity contribution in [3.05, 3.63) is 27.9 Å². The lowest BCUT2D eigenvalue weighted by atomic mass is 10.2. The van der Waals surface area contributed by atoms with Crippen molar-refractivity contribution >= 4 is 11.5 Å². The maximum absolute atomic E-state index is 10.6. The van der Waals surface area contributed by atoms with Crippen molar-refractivity contribution < 1.29 is 10.0 Å². The average Bonchev–Trinajstić information content (AvgIpc) is 2.25. The van der Waals surface area contributed by atoms with Crippen LogP contribution in [-0.4, -0.2) is 28.2 Å². The van der Waals surface area contributed by atoms with Crippen LogP contribution >= 0.6 is 0 Å². The third-order valence-electron chi connectivity index (χ3n) is 2.22. The first kappa shape index (κ1) is 12.4. The van der Waals surface area contributed by atoms with E-state index >= 15 is 0 Å². The van der Waals surface area contributed by atoms with Gasteiger partial charge in [0.1, 0.15) is 12.0 Å². The summed E-state index contributed by atoms with van der Waals surface area (Å²) in [6.07, 6.45) is 1.24. The minimum Gasteiger partial charge on any atom is -0.396 e. The van der Waals surface area contributed by atoms with Gasteiger partial charge in [0.15, 0.2) is 0 Å². The molecule has 0 fully saturated rings. The molecule has 0 aliphatic carbocycles. The summed E-state index contributed by atoms with van der Waals surface area (Å²) in [7, 11) is 0. The van der Waals surface area contributed by atoms with Crippen LogP contribution in [0.25, 0.3) is 0 Å². The van der Waals surface area contributed by atoms with Crippen LogP contribution in [0.5, 0.6) is 0 Å². The normalized spacial score (nSPS) is 12.2. The fourth-order valence-corrected chi connectivity index (χ4v) is 1.18. The molecule has 1 atom stereocenters. The van der Waals surface area contributed by atoms with Crippen LogP contribution in [0.2, 0.25) is 0 Å². The average molecular weight is 225 g/mol. The van der Waals surface area contributed by atoms with Gasteiger partial charge in [-0.3, -0.25) is 10.1 Å². The van der Waals surface area contributed by atoms with Gasteiger partial charge in [-0.1, -0.05) is 6.92 Å². The Bertz CT molecular complexity index is 382. The Labute approximate surface area is 93.5 Å². The molecular weight excluding hydrogens is 210 g/mol. The first-order valence-electron chi connectivity index (χ1n) is 5.00. The Morgan fingerprint density at radius 1 is 1.69 bits per heavy atom. The van der Waals surface area contributed by atoms with Crippen LogP contribution < -0.4 is 5.32 Å². The summed E-state index contributed by atoms with van der Waals surface area (Å²) < 4.78 is 0. The lowest BCUT2D eigenvalue weighted by molar-refractivity contribution is -0.385. The second-order valence-corrected chi connectivity index (χ2v) is 3.78. The number of rotatable bonds is 5. The van der Waals surface area contributed by atoms with Crippen molar-refractivity contribution in [1.29, 1.82) is 0 Å². The van der Waals surface area contributed by atoms with Crippen LogP contribution in [0.4, 0.5) is 11.5 Å². The van der Waals surface area contributed by atoms with Crippen LogP contribution in [0.1, 0.15) is 12.5 Å². The van der Waals surface area contributed by atoms with Gasteiger partial charge in [-0.25, -0.2) is 4.98 Å². The number of hydrogen-bond donors (Lipinski definition) is 2. The van der Waals surface area contributed by atoms with Crippen molar-refractivity contribution in [2.75, 3.05) is 18.5 Å². The molecule has 1 rings (SSSR count). The number of aryl methyl sites for hydroxylation is 1. The van der Waals surface area contributed by atoms with Crippen molar-refractivity contribution in [3.8, 4) is 0 Å². The SMILES string of the molecule is Cc1cc(NCC(C)CO)ncc1[N+](=O)[O-]. The number of nitrogens with zero attached hydrogens (tertiary/aromatic N) is 2. The number of hydrogen-bond acceptors (Lipinski definition) is 5. The van der Waals surface area contributed by atoms with E-state index in [0.717, 1.165) is 0 Å². The zero-order chi connectivity index (χ0) is 12.1. The fraction of sp³-hybridized carbons (Fsp3) is 0.500. The first-order chi connectivity index (χ1) is 7.54. The van der Waals surface area contributed by atoms with Crippen molar-refractivity contribution in [2.24, 2.45) is 5.92 Å². The molecule has 0 bridgehead atoms. The molecule has 0 spiro atoms. The maximum atomic E-state index is 10.6. The molecule has 1 unspecified atom stereocenters. The van der Waals surface area contributed by atoms with E-state index in [2.05, 4.69) is 10.3 Å². The Hall–Kier alpha value is -1.69. The third-order valence-corrected chi connectivity index (χ3v) is 2.22. The molecule has 0 saturated heterocycles. The Balaban J connectivity index is 2.70. The van der Waals surface area contributed by atoms with Crippen molar-refractivity contribution in [2.45, 2.75) is 13.8 Å². The molecule has 0 amide bonds. The Morgan fingerprint density at radius 2 is 2.38 bits per heavy atom. The fourth-order valence-electron chi connectivity index (χ4n) is 1.18. The zero-order valence-electron chi connectivity index (χ0n) is 9.30. The van der Waals surface area contributed by atoms with E-state index in [1.807, 2.05) is 6.92 Å². The number of anilines is 1. The van der Waals surface area contributed by atoms with E-state index in [0.29, 0.717) is 17.9 Å². The van der Waals surface area contributed by atoms with Crippen LogP contribution in [0, 0.1) is 23.0 Å². The van der Waals surface area contributed by atoms with E-state index in [4.69, 9.17) is 5.11 Å². The Kier molecular flexibility index (Phi) is 4.19. The molecule has 0 aliphatic heterocycles. The number of pyridine rings is 1. The summed E-state index contributed by atoms with van der Waals surface area (Å²) in [5.41, 5.74) is 0.583. The standard InChI is InChI=1S/C10H15N3O3/c1-7(6-14)4-11-10-3-8(2)9(5-12-10)13(15)16/h3,5,7,14H,4,6H2,1-2H3,(H,11,12). The lowest BCUT2D eigenvalue weighted by Gasteiger charge is -2.10. The summed E-state index contributed by atoms with van der Waals surface area (Å²) >= 11 is 0. The van der Waals surface area contributed by atoms with E-state index < -0.39 is 4.92 Å². The second-order valence-electron chi connectivity index (χ2n) is 3.78. The molecule has 0 aliphatic rings. The van der Waals surface area contributed by atoms with E-state index in [-0.39, 0.29) is 18.2 Å². The lowest BCUT2D eigenvalue weighted by Crippen LogP contribution is -2.15. The van der Waals surface area contributed by atoms with Gasteiger partial charge >= 0.3 is 0 Å². The van der Waals surface area contributed by atoms with E-state index in [1.165, 1.54) is 6.20 Å². The molecule has 0 aromatic carbocycles. The largest absolute Gasteiger partial charge is 0.396 e. The minimum absolute atomic E-state index is 0.0146. The van der Waals surface area contributed by atoms with Gasteiger partial charge in [0.25, 0.3) is 5.69 Å². The number of aliphatic hydroxyl groups excluding tert-OH is 1. The third kappa shape index (κ3) is 3.16. The quantitative estimate of drug-likeness (QED) is 0.583.